The topological polar surface area (TPSA) is 26.3 Å². The van der Waals surface area contributed by atoms with Crippen LogP contribution >= 0.6 is 35.0 Å². The molecule has 0 aliphatic rings. The molecular formula is C16H11Cl2F3O2S. The molecule has 0 amide bonds. The van der Waals surface area contributed by atoms with E-state index in [1.807, 2.05) is 6.92 Å². The van der Waals surface area contributed by atoms with Gasteiger partial charge in [0.05, 0.1) is 21.2 Å². The Bertz CT molecular complexity index is 763. The molecule has 2 nitrogen and oxygen atoms in total. The lowest BCUT2D eigenvalue weighted by Gasteiger charge is -2.12. The fourth-order valence-electron chi connectivity index (χ4n) is 1.82. The van der Waals surface area contributed by atoms with Crippen LogP contribution in [0.4, 0.5) is 13.2 Å². The molecular weight excluding hydrogens is 384 g/mol. The van der Waals surface area contributed by atoms with Crippen molar-refractivity contribution in [3.63, 3.8) is 0 Å². The number of alkyl halides is 3. The van der Waals surface area contributed by atoms with E-state index in [1.54, 1.807) is 0 Å². The molecule has 2 rings (SSSR count). The van der Waals surface area contributed by atoms with E-state index >= 15 is 0 Å². The van der Waals surface area contributed by atoms with Crippen LogP contribution in [0.15, 0.2) is 36.4 Å². The van der Waals surface area contributed by atoms with Crippen molar-refractivity contribution >= 4 is 40.1 Å². The first kappa shape index (κ1) is 19.0. The number of carbonyl (C=O) groups is 1. The molecule has 0 atom stereocenters. The molecule has 0 saturated heterocycles. The van der Waals surface area contributed by atoms with Crippen molar-refractivity contribution in [2.75, 3.05) is 5.75 Å². The number of halogens is 5. The molecule has 0 N–H and O–H groups in total. The fraction of sp³-hybridized carbons (Fsp3) is 0.188. The molecule has 0 bridgehead atoms. The van der Waals surface area contributed by atoms with Crippen molar-refractivity contribution in [3.8, 4) is 11.5 Å². The third kappa shape index (κ3) is 4.59. The summed E-state index contributed by atoms with van der Waals surface area (Å²) in [6.07, 6.45) is -4.49. The van der Waals surface area contributed by atoms with E-state index in [4.69, 9.17) is 27.9 Å². The molecule has 128 valence electrons. The van der Waals surface area contributed by atoms with E-state index < -0.39 is 11.7 Å². The van der Waals surface area contributed by atoms with Crippen molar-refractivity contribution in [1.29, 1.82) is 0 Å². The summed E-state index contributed by atoms with van der Waals surface area (Å²) in [6, 6.07) is 7.20. The summed E-state index contributed by atoms with van der Waals surface area (Å²) in [5.41, 5.74) is -0.602. The molecule has 0 aromatic heterocycles. The molecule has 2 aromatic carbocycles. The summed E-state index contributed by atoms with van der Waals surface area (Å²) in [6.45, 7) is 1.83. The van der Waals surface area contributed by atoms with Crippen molar-refractivity contribution in [3.05, 3.63) is 57.6 Å². The Balaban J connectivity index is 2.29. The van der Waals surface area contributed by atoms with Gasteiger partial charge in [-0.25, -0.2) is 0 Å². The number of rotatable bonds is 4. The van der Waals surface area contributed by atoms with E-state index in [2.05, 4.69) is 0 Å². The molecule has 0 saturated carbocycles. The summed E-state index contributed by atoms with van der Waals surface area (Å²) in [7, 11) is 0. The zero-order chi connectivity index (χ0) is 17.9. The zero-order valence-corrected chi connectivity index (χ0v) is 14.6. The highest BCUT2D eigenvalue weighted by Gasteiger charge is 2.31. The summed E-state index contributed by atoms with van der Waals surface area (Å²) in [5, 5.41) is -0.131. The average Bonchev–Trinajstić information content (AvgIpc) is 2.50. The smallest absolute Gasteiger partial charge is 0.416 e. The van der Waals surface area contributed by atoms with Gasteiger partial charge in [-0.3, -0.25) is 4.79 Å². The third-order valence-corrected chi connectivity index (χ3v) is 4.32. The maximum Gasteiger partial charge on any atom is 0.416 e. The minimum atomic E-state index is -4.49. The average molecular weight is 395 g/mol. The van der Waals surface area contributed by atoms with Gasteiger partial charge < -0.3 is 4.74 Å². The van der Waals surface area contributed by atoms with Gasteiger partial charge in [0, 0.05) is 0 Å². The lowest BCUT2D eigenvalue weighted by atomic mass is 10.2. The van der Waals surface area contributed by atoms with Crippen molar-refractivity contribution < 1.29 is 22.7 Å². The highest BCUT2D eigenvalue weighted by molar-refractivity contribution is 8.14. The predicted molar refractivity (Wildman–Crippen MR) is 90.4 cm³/mol. The Labute approximate surface area is 150 Å². The summed E-state index contributed by atoms with van der Waals surface area (Å²) < 4.78 is 43.4. The monoisotopic (exact) mass is 394 g/mol. The number of hydrogen-bond donors (Lipinski definition) is 0. The maximum absolute atomic E-state index is 12.6. The van der Waals surface area contributed by atoms with Gasteiger partial charge in [0.25, 0.3) is 0 Å². The Hall–Kier alpha value is -1.37. The van der Waals surface area contributed by atoms with Crippen LogP contribution in [0.1, 0.15) is 22.8 Å². The second kappa shape index (κ2) is 7.68. The molecule has 0 aliphatic carbocycles. The molecule has 0 spiro atoms. The summed E-state index contributed by atoms with van der Waals surface area (Å²) >= 11 is 12.9. The van der Waals surface area contributed by atoms with Gasteiger partial charge in [-0.15, -0.1) is 0 Å². The number of hydrogen-bond acceptors (Lipinski definition) is 3. The van der Waals surface area contributed by atoms with Gasteiger partial charge in [0.1, 0.15) is 11.5 Å². The molecule has 0 heterocycles. The van der Waals surface area contributed by atoms with Crippen molar-refractivity contribution in [2.24, 2.45) is 0 Å². The molecule has 24 heavy (non-hydrogen) atoms. The SMILES string of the molecule is CCSC(=O)c1cc(Oc2ccc(C(F)(F)F)cc2Cl)ccc1Cl. The predicted octanol–water partition coefficient (Wildman–Crippen LogP) is 6.70. The van der Waals surface area contributed by atoms with E-state index in [1.165, 1.54) is 18.2 Å². The number of benzene rings is 2. The van der Waals surface area contributed by atoms with Crippen LogP contribution in [0.5, 0.6) is 11.5 Å². The molecule has 0 fully saturated rings. The van der Waals surface area contributed by atoms with Gasteiger partial charge in [-0.1, -0.05) is 41.9 Å². The maximum atomic E-state index is 12.6. The van der Waals surface area contributed by atoms with Crippen molar-refractivity contribution in [1.82, 2.24) is 0 Å². The molecule has 0 unspecified atom stereocenters. The first-order valence-corrected chi connectivity index (χ1v) is 8.47. The minimum absolute atomic E-state index is 0.0496. The fourth-order valence-corrected chi connectivity index (χ4v) is 2.89. The van der Waals surface area contributed by atoms with Crippen LogP contribution in [0.2, 0.25) is 10.0 Å². The molecule has 8 heteroatoms. The second-order valence-corrected chi connectivity index (χ2v) is 6.66. The molecule has 2 aromatic rings. The van der Waals surface area contributed by atoms with E-state index in [0.29, 0.717) is 5.75 Å². The van der Waals surface area contributed by atoms with E-state index in [-0.39, 0.29) is 32.2 Å². The van der Waals surface area contributed by atoms with Gasteiger partial charge in [0.15, 0.2) is 0 Å². The Morgan fingerprint density at radius 3 is 2.42 bits per heavy atom. The first-order valence-electron chi connectivity index (χ1n) is 6.73. The third-order valence-electron chi connectivity index (χ3n) is 2.92. The van der Waals surface area contributed by atoms with Crippen LogP contribution < -0.4 is 4.74 Å². The molecule has 0 radical (unpaired) electrons. The van der Waals surface area contributed by atoms with Crippen LogP contribution in [0.3, 0.4) is 0 Å². The Morgan fingerprint density at radius 1 is 1.12 bits per heavy atom. The lowest BCUT2D eigenvalue weighted by molar-refractivity contribution is -0.137. The van der Waals surface area contributed by atoms with Gasteiger partial charge in [-0.05, 0) is 42.2 Å². The van der Waals surface area contributed by atoms with E-state index in [0.717, 1.165) is 30.0 Å². The first-order chi connectivity index (χ1) is 11.2. The normalized spacial score (nSPS) is 11.4. The summed E-state index contributed by atoms with van der Waals surface area (Å²) in [4.78, 5) is 12.0. The van der Waals surface area contributed by atoms with Crippen LogP contribution in [0, 0.1) is 0 Å². The van der Waals surface area contributed by atoms with Gasteiger partial charge >= 0.3 is 6.18 Å². The highest BCUT2D eigenvalue weighted by atomic mass is 35.5. The Kier molecular flexibility index (Phi) is 6.06. The van der Waals surface area contributed by atoms with Crippen molar-refractivity contribution in [2.45, 2.75) is 13.1 Å². The Morgan fingerprint density at radius 2 is 1.83 bits per heavy atom. The van der Waals surface area contributed by atoms with Crippen LogP contribution in [-0.2, 0) is 6.18 Å². The van der Waals surface area contributed by atoms with Gasteiger partial charge in [-0.2, -0.15) is 13.2 Å². The van der Waals surface area contributed by atoms with Gasteiger partial charge in [0.2, 0.25) is 5.12 Å². The minimum Gasteiger partial charge on any atom is -0.456 e. The van der Waals surface area contributed by atoms with Crippen LogP contribution in [0.25, 0.3) is 0 Å². The van der Waals surface area contributed by atoms with E-state index in [9.17, 15) is 18.0 Å². The highest BCUT2D eigenvalue weighted by Crippen LogP contribution is 2.37. The summed E-state index contributed by atoms with van der Waals surface area (Å²) in [5.74, 6) is 0.889. The standard InChI is InChI=1S/C16H11Cl2F3O2S/c1-2-24-15(22)11-8-10(4-5-12(11)17)23-14-6-3-9(7-13(14)18)16(19,20)21/h3-8H,2H2,1H3. The lowest BCUT2D eigenvalue weighted by Crippen LogP contribution is -2.04. The second-order valence-electron chi connectivity index (χ2n) is 4.61. The quantitative estimate of drug-likeness (QED) is 0.576. The number of thioether (sulfide) groups is 1. The number of carbonyl (C=O) groups excluding carboxylic acids is 1. The van der Waals surface area contributed by atoms with Crippen LogP contribution in [-0.4, -0.2) is 10.9 Å². The number of ether oxygens (including phenoxy) is 1. The largest absolute Gasteiger partial charge is 0.456 e. The zero-order valence-electron chi connectivity index (χ0n) is 12.3. The molecule has 0 aliphatic heterocycles.